The van der Waals surface area contributed by atoms with Crippen LogP contribution in [0.3, 0.4) is 0 Å². The van der Waals surface area contributed by atoms with E-state index in [0.29, 0.717) is 61.3 Å². The molecule has 0 bridgehead atoms. The number of aliphatic imine (C=N–C) groups is 4. The van der Waals surface area contributed by atoms with Gasteiger partial charge in [-0.25, -0.2) is 24.7 Å². The van der Waals surface area contributed by atoms with E-state index in [0.717, 1.165) is 13.1 Å². The molecule has 16 atom stereocenters. The van der Waals surface area contributed by atoms with Crippen molar-refractivity contribution < 1.29 is 57.9 Å². The fraction of sp³-hybridized carbons (Fsp3) is 0.786. The van der Waals surface area contributed by atoms with Crippen molar-refractivity contribution in [2.75, 3.05) is 83.3 Å². The number of carbonyl (C=O) groups is 4. The SMILES string of the molecule is CON1C(=O)C=CC(C)C1C.CON1C(=O)C=NC(C)C1C.CON1C(=O)N=CC(C)C1C.CON1C(=O)N=NC(C)C1C.CON1CC=CC(C)C1C.CON1CC=NC(C)C1C.CON1CN=CC(C)C1C.CON1CN=NC(C)C1C. The molecule has 8 aliphatic heterocycles. The Kier molecular flexibility index (Phi) is 36.7. The molecule has 0 saturated carbocycles. The number of azo groups is 2. The minimum Gasteiger partial charge on any atom is -0.302 e. The molecule has 8 rings (SSSR count). The summed E-state index contributed by atoms with van der Waals surface area (Å²) in [4.78, 5) is 100.0. The molecule has 8 aliphatic rings. The average molecular weight is 1190 g/mol. The van der Waals surface area contributed by atoms with Crippen LogP contribution in [0.2, 0.25) is 0 Å². The van der Waals surface area contributed by atoms with E-state index in [1.807, 2.05) is 94.1 Å². The highest BCUT2D eigenvalue weighted by molar-refractivity contribution is 6.26. The van der Waals surface area contributed by atoms with Gasteiger partial charge in [-0.05, 0) is 94.9 Å². The van der Waals surface area contributed by atoms with Gasteiger partial charge in [0.05, 0.1) is 130 Å². The maximum Gasteiger partial charge on any atom is 0.386 e. The van der Waals surface area contributed by atoms with Crippen molar-refractivity contribution >= 4 is 48.7 Å². The van der Waals surface area contributed by atoms with Gasteiger partial charge in [-0.1, -0.05) is 51.0 Å². The van der Waals surface area contributed by atoms with Crippen molar-refractivity contribution in [3.63, 3.8) is 0 Å². The molecular formula is C56H104N16O12. The number of nitrogens with zero attached hydrogens (tertiary/aromatic N) is 16. The van der Waals surface area contributed by atoms with Gasteiger partial charge in [0.2, 0.25) is 0 Å². The average Bonchev–Trinajstić information content (AvgIpc) is 3.54. The van der Waals surface area contributed by atoms with Crippen LogP contribution in [0, 0.1) is 23.7 Å². The highest BCUT2D eigenvalue weighted by Gasteiger charge is 2.31. The first-order valence-corrected chi connectivity index (χ1v) is 28.6. The topological polar surface area (TPSA) is 267 Å². The van der Waals surface area contributed by atoms with Crippen LogP contribution in [0.5, 0.6) is 0 Å². The number of hydrogen-bond donors (Lipinski definition) is 0. The van der Waals surface area contributed by atoms with Gasteiger partial charge in [0.1, 0.15) is 13.3 Å². The van der Waals surface area contributed by atoms with Gasteiger partial charge in [0.25, 0.3) is 11.8 Å². The zero-order valence-electron chi connectivity index (χ0n) is 54.7. The van der Waals surface area contributed by atoms with Crippen LogP contribution in [-0.2, 0) is 48.3 Å². The van der Waals surface area contributed by atoms with Crippen molar-refractivity contribution in [1.29, 1.82) is 0 Å². The van der Waals surface area contributed by atoms with E-state index < -0.39 is 6.03 Å². The first kappa shape index (κ1) is 76.8. The molecule has 0 spiro atoms. The Bertz CT molecular complexity index is 1890. The third kappa shape index (κ3) is 24.3. The molecule has 0 aromatic rings. The highest BCUT2D eigenvalue weighted by atomic mass is 16.7. The van der Waals surface area contributed by atoms with Crippen molar-refractivity contribution in [2.45, 2.75) is 183 Å². The fourth-order valence-corrected chi connectivity index (χ4v) is 8.27. The second kappa shape index (κ2) is 40.2. The molecule has 16 unspecified atom stereocenters. The highest BCUT2D eigenvalue weighted by Crippen LogP contribution is 2.20. The monoisotopic (exact) mass is 1190 g/mol. The molecule has 8 heterocycles. The molecule has 84 heavy (non-hydrogen) atoms. The van der Waals surface area contributed by atoms with E-state index in [9.17, 15) is 19.2 Å². The molecule has 0 radical (unpaired) electrons. The van der Waals surface area contributed by atoms with Crippen molar-refractivity contribution in [3.05, 3.63) is 24.3 Å². The Morgan fingerprint density at radius 1 is 0.405 bits per heavy atom. The minimum absolute atomic E-state index is 0.00708. The van der Waals surface area contributed by atoms with Crippen LogP contribution < -0.4 is 0 Å². The lowest BCUT2D eigenvalue weighted by atomic mass is 10.00. The Balaban J connectivity index is 0.000000480. The van der Waals surface area contributed by atoms with Crippen LogP contribution in [0.15, 0.2) is 64.7 Å². The zero-order valence-corrected chi connectivity index (χ0v) is 54.7. The maximum absolute atomic E-state index is 11.1. The largest absolute Gasteiger partial charge is 0.386 e. The van der Waals surface area contributed by atoms with Gasteiger partial charge in [0.15, 0.2) is 0 Å². The lowest BCUT2D eigenvalue weighted by Crippen LogP contribution is -2.46. The van der Waals surface area contributed by atoms with E-state index in [1.165, 1.54) is 54.9 Å². The summed E-state index contributed by atoms with van der Waals surface area (Å²) in [5.74, 6) is 1.47. The molecule has 0 aliphatic carbocycles. The Morgan fingerprint density at radius 3 is 1.33 bits per heavy atom. The Labute approximate surface area is 500 Å². The molecule has 6 amide bonds. The van der Waals surface area contributed by atoms with Gasteiger partial charge in [-0.3, -0.25) is 43.9 Å². The Morgan fingerprint density at radius 2 is 0.857 bits per heavy atom. The quantitative estimate of drug-likeness (QED) is 0.211. The summed E-state index contributed by atoms with van der Waals surface area (Å²) in [6, 6.07) is 1.86. The van der Waals surface area contributed by atoms with Gasteiger partial charge in [0, 0.05) is 55.2 Å². The standard InChI is InChI=1S/C8H13NO2.C8H15NO.2C7H12N2O2.2C7H14N2O.C6H11N3O2.C6H13N3O/c1-6-4-5-8(10)9(11-3)7(6)2;1-7-5-4-6-9(10-3)8(7)2;1-5-6(2)9(11-3)7(10)4-8-5;1-5-4-8-7(10)9(11-3)6(5)2;1-6-4-8-5-9(10-3)7(6)2;1-6-7(2)9(10-3)5-4-8-6;1-4-5(2)9(11-3)6(10)8-7-4;1-5-6(2)9(10-3)4-7-8-5/h4-7H,1-3H3;4-5,7-8H,6H2,1-3H3;2*4-6H,1-3H3;2*4,6-7H,5H2,1-3H3;4-5H,1-3H3;5-6H,4H2,1-3H3. The van der Waals surface area contributed by atoms with Crippen LogP contribution in [-0.4, -0.2) is 245 Å². The van der Waals surface area contributed by atoms with Crippen LogP contribution in [0.4, 0.5) is 9.59 Å². The summed E-state index contributed by atoms with van der Waals surface area (Å²) >= 11 is 0. The van der Waals surface area contributed by atoms with Gasteiger partial charge < -0.3 is 19.4 Å². The van der Waals surface area contributed by atoms with E-state index in [2.05, 4.69) is 108 Å². The molecule has 0 saturated heterocycles. The predicted octanol–water partition coefficient (Wildman–Crippen LogP) is 7.62. The first-order chi connectivity index (χ1) is 39.7. The lowest BCUT2D eigenvalue weighted by Gasteiger charge is -2.31. The number of rotatable bonds is 8. The van der Waals surface area contributed by atoms with Gasteiger partial charge in [-0.2, -0.15) is 45.7 Å². The summed E-state index contributed by atoms with van der Waals surface area (Å²) in [6.45, 7) is 35.5. The smallest absolute Gasteiger partial charge is 0.302 e. The molecular weight excluding hydrogens is 1090 g/mol. The summed E-state index contributed by atoms with van der Waals surface area (Å²) in [6.07, 6.45) is 14.7. The lowest BCUT2D eigenvalue weighted by molar-refractivity contribution is -0.186. The van der Waals surface area contributed by atoms with Crippen LogP contribution in [0.25, 0.3) is 0 Å². The van der Waals surface area contributed by atoms with E-state index in [1.54, 1.807) is 40.7 Å². The molecule has 480 valence electrons. The second-order valence-electron chi connectivity index (χ2n) is 21.1. The molecule has 28 heteroatoms. The number of hydrogen-bond acceptors (Lipinski definition) is 22. The number of hydroxylamine groups is 16. The van der Waals surface area contributed by atoms with Gasteiger partial charge in [-0.15, -0.1) is 0 Å². The summed E-state index contributed by atoms with van der Waals surface area (Å²) in [5.41, 5.74) is 0. The van der Waals surface area contributed by atoms with Crippen molar-refractivity contribution in [3.8, 4) is 0 Å². The predicted molar refractivity (Wildman–Crippen MR) is 323 cm³/mol. The molecule has 0 N–H and O–H groups in total. The van der Waals surface area contributed by atoms with E-state index in [-0.39, 0.29) is 66.1 Å². The number of amides is 6. The molecule has 28 nitrogen and oxygen atoms in total. The Hall–Kier alpha value is -5.24. The molecule has 0 aromatic heterocycles. The maximum atomic E-state index is 11.1. The summed E-state index contributed by atoms with van der Waals surface area (Å²) in [7, 11) is 12.7. The van der Waals surface area contributed by atoms with Crippen LogP contribution >= 0.6 is 0 Å². The fourth-order valence-electron chi connectivity index (χ4n) is 8.27. The van der Waals surface area contributed by atoms with E-state index in [4.69, 9.17) is 38.7 Å². The van der Waals surface area contributed by atoms with Crippen LogP contribution in [0.1, 0.15) is 111 Å². The zero-order chi connectivity index (χ0) is 64.0. The second-order valence-corrected chi connectivity index (χ2v) is 21.1. The minimum atomic E-state index is -0.432. The number of urea groups is 2. The summed E-state index contributed by atoms with van der Waals surface area (Å²) in [5, 5.41) is 27.9. The molecule has 0 fully saturated rings. The molecule has 0 aromatic carbocycles. The normalized spacial score (nSPS) is 32.9. The summed E-state index contributed by atoms with van der Waals surface area (Å²) < 4.78 is 0. The van der Waals surface area contributed by atoms with Crippen molar-refractivity contribution in [1.82, 2.24) is 40.5 Å². The number of carbonyl (C=O) groups excluding carboxylic acids is 4. The van der Waals surface area contributed by atoms with Crippen molar-refractivity contribution in [2.24, 2.45) is 64.1 Å². The van der Waals surface area contributed by atoms with E-state index >= 15 is 0 Å². The third-order valence-electron chi connectivity index (χ3n) is 15.7. The van der Waals surface area contributed by atoms with Gasteiger partial charge >= 0.3 is 12.1 Å². The third-order valence-corrected chi connectivity index (χ3v) is 15.7. The first-order valence-electron chi connectivity index (χ1n) is 28.6.